The molecule has 1 aromatic carbocycles. The number of rotatable bonds is 5. The van der Waals surface area contributed by atoms with E-state index < -0.39 is 5.97 Å². The second-order valence-corrected chi connectivity index (χ2v) is 4.27. The molecule has 1 N–H and O–H groups in total. The van der Waals surface area contributed by atoms with Gasteiger partial charge in [-0.1, -0.05) is 6.92 Å². The lowest BCUT2D eigenvalue weighted by Crippen LogP contribution is -2.18. The summed E-state index contributed by atoms with van der Waals surface area (Å²) in [5.41, 5.74) is 0.384. The molecule has 5 heteroatoms. The van der Waals surface area contributed by atoms with Gasteiger partial charge in [-0.05, 0) is 36.8 Å². The Kier molecular flexibility index (Phi) is 4.20. The maximum Gasteiger partial charge on any atom is 0.337 e. The topological polar surface area (TPSA) is 68.5 Å². The highest BCUT2D eigenvalue weighted by Crippen LogP contribution is 2.15. The maximum atomic E-state index is 11.8. The Morgan fingerprint density at radius 3 is 2.50 bits per heavy atom. The zero-order valence-corrected chi connectivity index (χ0v) is 11.1. The maximum absolute atomic E-state index is 11.8. The number of carboxylic acid groups (broad SMARTS) is 1. The van der Waals surface area contributed by atoms with E-state index in [1.54, 1.807) is 24.3 Å². The summed E-state index contributed by atoms with van der Waals surface area (Å²) in [5.74, 6) is -0.348. The Hall–Kier alpha value is -2.56. The minimum absolute atomic E-state index is 0.0657. The van der Waals surface area contributed by atoms with Gasteiger partial charge in [0, 0.05) is 18.0 Å². The molecule has 1 heterocycles. The van der Waals surface area contributed by atoms with Crippen LogP contribution in [0.3, 0.4) is 0 Å². The van der Waals surface area contributed by atoms with Crippen LogP contribution in [0.4, 0.5) is 0 Å². The van der Waals surface area contributed by atoms with Gasteiger partial charge in [-0.25, -0.2) is 4.79 Å². The molecule has 5 nitrogen and oxygen atoms in total. The van der Waals surface area contributed by atoms with E-state index >= 15 is 0 Å². The quantitative estimate of drug-likeness (QED) is 0.907. The van der Waals surface area contributed by atoms with Crippen molar-refractivity contribution in [2.75, 3.05) is 6.61 Å². The van der Waals surface area contributed by atoms with Crippen molar-refractivity contribution in [2.45, 2.75) is 13.3 Å². The second kappa shape index (κ2) is 6.06. The fourth-order valence-electron chi connectivity index (χ4n) is 1.74. The summed E-state index contributed by atoms with van der Waals surface area (Å²) in [4.78, 5) is 22.7. The average molecular weight is 273 g/mol. The van der Waals surface area contributed by atoms with E-state index in [2.05, 4.69) is 0 Å². The first kappa shape index (κ1) is 13.9. The molecule has 0 amide bonds. The lowest BCUT2D eigenvalue weighted by molar-refractivity contribution is 0.0696. The molecule has 0 aliphatic heterocycles. The largest absolute Gasteiger partial charge is 0.494 e. The Morgan fingerprint density at radius 2 is 1.90 bits per heavy atom. The van der Waals surface area contributed by atoms with Crippen molar-refractivity contribution in [3.63, 3.8) is 0 Å². The highest BCUT2D eigenvalue weighted by Gasteiger charge is 2.06. The standard InChI is InChI=1S/C15H15NO4/c1-2-9-20-13-6-4-12(5-7-13)16-10-11(15(18)19)3-8-14(16)17/h3-8,10H,2,9H2,1H3,(H,18,19). The van der Waals surface area contributed by atoms with Crippen molar-refractivity contribution >= 4 is 5.97 Å². The zero-order chi connectivity index (χ0) is 14.5. The van der Waals surface area contributed by atoms with Crippen LogP contribution in [0.5, 0.6) is 5.75 Å². The van der Waals surface area contributed by atoms with Gasteiger partial charge in [0.25, 0.3) is 5.56 Å². The molecular formula is C15H15NO4. The number of carbonyl (C=O) groups is 1. The van der Waals surface area contributed by atoms with Gasteiger partial charge in [-0.3, -0.25) is 9.36 Å². The first-order valence-corrected chi connectivity index (χ1v) is 6.31. The van der Waals surface area contributed by atoms with E-state index in [4.69, 9.17) is 9.84 Å². The van der Waals surface area contributed by atoms with Crippen molar-refractivity contribution in [2.24, 2.45) is 0 Å². The van der Waals surface area contributed by atoms with Crippen molar-refractivity contribution in [3.05, 3.63) is 58.5 Å². The molecule has 1 aromatic heterocycles. The third kappa shape index (κ3) is 3.06. The normalized spacial score (nSPS) is 10.2. The van der Waals surface area contributed by atoms with Crippen LogP contribution in [0.1, 0.15) is 23.7 Å². The van der Waals surface area contributed by atoms with Crippen LogP contribution in [0.2, 0.25) is 0 Å². The third-order valence-corrected chi connectivity index (χ3v) is 2.75. The van der Waals surface area contributed by atoms with Crippen LogP contribution < -0.4 is 10.3 Å². The molecule has 0 saturated carbocycles. The van der Waals surface area contributed by atoms with Crippen LogP contribution in [-0.2, 0) is 0 Å². The van der Waals surface area contributed by atoms with Gasteiger partial charge in [0.1, 0.15) is 5.75 Å². The highest BCUT2D eigenvalue weighted by molar-refractivity contribution is 5.87. The molecule has 2 rings (SSSR count). The van der Waals surface area contributed by atoms with Crippen LogP contribution >= 0.6 is 0 Å². The van der Waals surface area contributed by atoms with Crippen molar-refractivity contribution in [3.8, 4) is 11.4 Å². The summed E-state index contributed by atoms with van der Waals surface area (Å²) < 4.78 is 6.76. The Balaban J connectivity index is 2.33. The number of aromatic nitrogens is 1. The number of hydrogen-bond donors (Lipinski definition) is 1. The van der Waals surface area contributed by atoms with E-state index in [9.17, 15) is 9.59 Å². The minimum Gasteiger partial charge on any atom is -0.494 e. The van der Waals surface area contributed by atoms with E-state index in [0.717, 1.165) is 12.2 Å². The molecule has 20 heavy (non-hydrogen) atoms. The fraction of sp³-hybridized carbons (Fsp3) is 0.200. The van der Waals surface area contributed by atoms with E-state index in [0.29, 0.717) is 12.3 Å². The summed E-state index contributed by atoms with van der Waals surface area (Å²) >= 11 is 0. The number of aromatic carboxylic acids is 1. The summed E-state index contributed by atoms with van der Waals surface area (Å²) in [6.07, 6.45) is 2.23. The minimum atomic E-state index is -1.07. The van der Waals surface area contributed by atoms with Gasteiger partial charge >= 0.3 is 5.97 Å². The van der Waals surface area contributed by atoms with Gasteiger partial charge in [-0.15, -0.1) is 0 Å². The lowest BCUT2D eigenvalue weighted by Gasteiger charge is -2.08. The Labute approximate surface area is 116 Å². The number of pyridine rings is 1. The molecule has 0 aliphatic rings. The molecule has 0 aliphatic carbocycles. The first-order valence-electron chi connectivity index (χ1n) is 6.31. The Morgan fingerprint density at radius 1 is 1.20 bits per heavy atom. The predicted molar refractivity (Wildman–Crippen MR) is 74.8 cm³/mol. The van der Waals surface area contributed by atoms with E-state index in [1.807, 2.05) is 6.92 Å². The van der Waals surface area contributed by atoms with Crippen LogP contribution in [-0.4, -0.2) is 22.2 Å². The van der Waals surface area contributed by atoms with Gasteiger partial charge < -0.3 is 9.84 Å². The molecule has 0 saturated heterocycles. The summed E-state index contributed by atoms with van der Waals surface area (Å²) in [7, 11) is 0. The van der Waals surface area contributed by atoms with Crippen LogP contribution in [0, 0.1) is 0 Å². The van der Waals surface area contributed by atoms with Crippen LogP contribution in [0.25, 0.3) is 5.69 Å². The summed E-state index contributed by atoms with van der Waals surface area (Å²) in [5, 5.41) is 8.95. The molecule has 2 aromatic rings. The molecule has 0 fully saturated rings. The van der Waals surface area contributed by atoms with Gasteiger partial charge in [0.2, 0.25) is 0 Å². The van der Waals surface area contributed by atoms with Gasteiger partial charge in [-0.2, -0.15) is 0 Å². The number of nitrogens with zero attached hydrogens (tertiary/aromatic N) is 1. The zero-order valence-electron chi connectivity index (χ0n) is 11.1. The highest BCUT2D eigenvalue weighted by atomic mass is 16.5. The molecule has 0 atom stereocenters. The lowest BCUT2D eigenvalue weighted by atomic mass is 10.2. The van der Waals surface area contributed by atoms with Gasteiger partial charge in [0.15, 0.2) is 0 Å². The van der Waals surface area contributed by atoms with Crippen molar-refractivity contribution < 1.29 is 14.6 Å². The monoisotopic (exact) mass is 273 g/mol. The SMILES string of the molecule is CCCOc1ccc(-n2cc(C(=O)O)ccc2=O)cc1. The first-order chi connectivity index (χ1) is 9.61. The van der Waals surface area contributed by atoms with E-state index in [-0.39, 0.29) is 11.1 Å². The fourth-order valence-corrected chi connectivity index (χ4v) is 1.74. The average Bonchev–Trinajstić information content (AvgIpc) is 2.46. The molecule has 0 spiro atoms. The number of carboxylic acids is 1. The smallest absolute Gasteiger partial charge is 0.337 e. The number of hydrogen-bond acceptors (Lipinski definition) is 3. The van der Waals surface area contributed by atoms with Gasteiger partial charge in [0.05, 0.1) is 12.2 Å². The van der Waals surface area contributed by atoms with Crippen molar-refractivity contribution in [1.29, 1.82) is 0 Å². The molecule has 0 radical (unpaired) electrons. The molecule has 0 bridgehead atoms. The van der Waals surface area contributed by atoms with E-state index in [1.165, 1.54) is 22.9 Å². The summed E-state index contributed by atoms with van der Waals surface area (Å²) in [6.45, 7) is 2.65. The van der Waals surface area contributed by atoms with Crippen LogP contribution in [0.15, 0.2) is 47.4 Å². The Bertz CT molecular complexity index is 658. The number of benzene rings is 1. The molecule has 0 unspecified atom stereocenters. The predicted octanol–water partition coefficient (Wildman–Crippen LogP) is 2.32. The molecule has 104 valence electrons. The second-order valence-electron chi connectivity index (χ2n) is 4.27. The summed E-state index contributed by atoms with van der Waals surface area (Å²) in [6, 6.07) is 9.48. The third-order valence-electron chi connectivity index (χ3n) is 2.75. The number of ether oxygens (including phenoxy) is 1. The molecular weight excluding hydrogens is 258 g/mol. The van der Waals surface area contributed by atoms with Crippen molar-refractivity contribution in [1.82, 2.24) is 4.57 Å².